The Morgan fingerprint density at radius 2 is 0.938 bits per heavy atom. The largest absolute Gasteiger partial charge is 0.455 e. The van der Waals surface area contributed by atoms with Crippen LogP contribution >= 0.6 is 0 Å². The molecular weight excluding hydrogens is 791 g/mol. The van der Waals surface area contributed by atoms with Crippen LogP contribution in [-0.4, -0.2) is 11.7 Å². The molecule has 11 aromatic carbocycles. The van der Waals surface area contributed by atoms with Gasteiger partial charge in [-0.2, -0.15) is 0 Å². The zero-order valence-corrected chi connectivity index (χ0v) is 35.2. The first-order chi connectivity index (χ1) is 32.2. The fraction of sp³-hybridized carbons (Fsp3) is 0.0164. The first-order valence-corrected chi connectivity index (χ1v) is 22.2. The smallest absolute Gasteiger partial charge is 0.159 e. The van der Waals surface area contributed by atoms with E-state index in [0.29, 0.717) is 5.84 Å². The molecule has 0 bridgehead atoms. The first-order valence-electron chi connectivity index (χ1n) is 22.2. The zero-order valence-electron chi connectivity index (χ0n) is 35.2. The molecule has 1 aliphatic heterocycles. The minimum atomic E-state index is -0.324. The third-order valence-corrected chi connectivity index (χ3v) is 13.2. The van der Waals surface area contributed by atoms with Gasteiger partial charge in [-0.3, -0.25) is 0 Å². The molecule has 1 unspecified atom stereocenters. The standard InChI is InChI=1S/C61H39N3O/c1-2-16-40(17-3-1)59-62-60(41-33-31-39(32-34-41)44-26-12-19-38-15-4-6-20-43(38)44)64-61(63-59)53-36-35-50(47-23-9-10-24-48(47)53)51-27-14-30-56-57(51)54-29-13-28-52(58(54)65-56)55-37-42-18-5-7-21-45(42)46-22-8-11-25-49(46)55/h1-37,59H,(H,62,63,64). The van der Waals surface area contributed by atoms with E-state index in [-0.39, 0.29) is 6.17 Å². The lowest BCUT2D eigenvalue weighted by atomic mass is 9.90. The van der Waals surface area contributed by atoms with Gasteiger partial charge in [-0.15, -0.1) is 0 Å². The minimum absolute atomic E-state index is 0.324. The maximum atomic E-state index is 6.91. The van der Waals surface area contributed by atoms with Gasteiger partial charge in [-0.1, -0.05) is 212 Å². The molecule has 12 aromatic rings. The van der Waals surface area contributed by atoms with Gasteiger partial charge in [-0.05, 0) is 88.6 Å². The van der Waals surface area contributed by atoms with E-state index in [1.165, 1.54) is 43.4 Å². The van der Waals surface area contributed by atoms with Crippen LogP contribution in [0.1, 0.15) is 22.9 Å². The molecule has 13 rings (SSSR count). The monoisotopic (exact) mass is 829 g/mol. The van der Waals surface area contributed by atoms with Crippen molar-refractivity contribution in [1.29, 1.82) is 0 Å². The number of furan rings is 1. The molecule has 0 aliphatic carbocycles. The number of fused-ring (bicyclic) bond motifs is 8. The van der Waals surface area contributed by atoms with Crippen molar-refractivity contribution < 1.29 is 4.42 Å². The Hall–Kier alpha value is -8.60. The Balaban J connectivity index is 0.938. The number of para-hydroxylation sites is 1. The van der Waals surface area contributed by atoms with E-state index in [1.54, 1.807) is 0 Å². The lowest BCUT2D eigenvalue weighted by Crippen LogP contribution is -2.33. The van der Waals surface area contributed by atoms with Crippen molar-refractivity contribution >= 4 is 76.7 Å². The molecule has 1 atom stereocenters. The van der Waals surface area contributed by atoms with Gasteiger partial charge >= 0.3 is 0 Å². The van der Waals surface area contributed by atoms with Crippen LogP contribution in [0.15, 0.2) is 239 Å². The molecule has 0 saturated carbocycles. The van der Waals surface area contributed by atoms with Crippen molar-refractivity contribution in [2.75, 3.05) is 0 Å². The highest BCUT2D eigenvalue weighted by molar-refractivity contribution is 6.23. The number of nitrogens with zero attached hydrogens (tertiary/aromatic N) is 2. The van der Waals surface area contributed by atoms with E-state index < -0.39 is 0 Å². The molecule has 0 amide bonds. The molecule has 0 fully saturated rings. The maximum absolute atomic E-state index is 6.91. The van der Waals surface area contributed by atoms with Gasteiger partial charge in [0, 0.05) is 27.5 Å². The molecule has 65 heavy (non-hydrogen) atoms. The zero-order chi connectivity index (χ0) is 42.8. The molecule has 1 N–H and O–H groups in total. The highest BCUT2D eigenvalue weighted by Gasteiger charge is 2.24. The van der Waals surface area contributed by atoms with Crippen molar-refractivity contribution in [3.8, 4) is 33.4 Å². The third kappa shape index (κ3) is 6.14. The van der Waals surface area contributed by atoms with E-state index in [9.17, 15) is 0 Å². The second-order valence-electron chi connectivity index (χ2n) is 16.8. The Kier molecular flexibility index (Phi) is 8.56. The van der Waals surface area contributed by atoms with E-state index in [0.717, 1.165) is 77.5 Å². The van der Waals surface area contributed by atoms with Crippen LogP contribution in [0.5, 0.6) is 0 Å². The molecule has 0 spiro atoms. The predicted molar refractivity (Wildman–Crippen MR) is 272 cm³/mol. The second-order valence-corrected chi connectivity index (χ2v) is 16.8. The van der Waals surface area contributed by atoms with Crippen LogP contribution in [0.4, 0.5) is 0 Å². The number of rotatable bonds is 6. The Bertz CT molecular complexity index is 3910. The van der Waals surface area contributed by atoms with Gasteiger partial charge in [0.15, 0.2) is 5.84 Å². The summed E-state index contributed by atoms with van der Waals surface area (Å²) in [5.41, 5.74) is 11.7. The fourth-order valence-corrected chi connectivity index (χ4v) is 10.1. The quantitative estimate of drug-likeness (QED) is 0.170. The molecule has 0 saturated heterocycles. The predicted octanol–water partition coefficient (Wildman–Crippen LogP) is 15.7. The molecule has 0 radical (unpaired) electrons. The highest BCUT2D eigenvalue weighted by Crippen LogP contribution is 2.45. The van der Waals surface area contributed by atoms with Gasteiger partial charge in [0.05, 0.1) is 0 Å². The number of nitrogens with one attached hydrogen (secondary N) is 1. The van der Waals surface area contributed by atoms with E-state index in [1.807, 2.05) is 6.07 Å². The van der Waals surface area contributed by atoms with Crippen molar-refractivity contribution in [2.45, 2.75) is 6.17 Å². The van der Waals surface area contributed by atoms with Crippen LogP contribution in [0, 0.1) is 0 Å². The average molecular weight is 830 g/mol. The summed E-state index contributed by atoms with van der Waals surface area (Å²) in [6.45, 7) is 0. The average Bonchev–Trinajstić information content (AvgIpc) is 3.78. The summed E-state index contributed by atoms with van der Waals surface area (Å²) in [5, 5.41) is 15.5. The van der Waals surface area contributed by atoms with E-state index in [2.05, 4.69) is 224 Å². The van der Waals surface area contributed by atoms with E-state index >= 15 is 0 Å². The summed E-state index contributed by atoms with van der Waals surface area (Å²) in [4.78, 5) is 10.5. The summed E-state index contributed by atoms with van der Waals surface area (Å²) >= 11 is 0. The molecular formula is C61H39N3O. The van der Waals surface area contributed by atoms with Gasteiger partial charge in [0.1, 0.15) is 23.2 Å². The summed E-state index contributed by atoms with van der Waals surface area (Å²) in [5.74, 6) is 1.47. The van der Waals surface area contributed by atoms with Crippen LogP contribution in [0.25, 0.3) is 98.4 Å². The molecule has 2 heterocycles. The molecule has 1 aliphatic rings. The Labute approximate surface area is 375 Å². The van der Waals surface area contributed by atoms with E-state index in [4.69, 9.17) is 14.4 Å². The second kappa shape index (κ2) is 15.0. The van der Waals surface area contributed by atoms with Gasteiger partial charge in [0.25, 0.3) is 0 Å². The van der Waals surface area contributed by atoms with Crippen LogP contribution in [0.2, 0.25) is 0 Å². The molecule has 1 aromatic heterocycles. The number of hydrogen-bond donors (Lipinski definition) is 1. The first kappa shape index (κ1) is 37.0. The normalized spacial score (nSPS) is 14.0. The number of benzene rings is 11. The Morgan fingerprint density at radius 1 is 0.369 bits per heavy atom. The van der Waals surface area contributed by atoms with Crippen molar-refractivity contribution in [1.82, 2.24) is 5.32 Å². The van der Waals surface area contributed by atoms with Crippen molar-refractivity contribution in [3.63, 3.8) is 0 Å². The summed E-state index contributed by atoms with van der Waals surface area (Å²) < 4.78 is 6.91. The van der Waals surface area contributed by atoms with Crippen molar-refractivity contribution in [2.24, 2.45) is 9.98 Å². The molecule has 4 heteroatoms. The van der Waals surface area contributed by atoms with Crippen LogP contribution in [-0.2, 0) is 0 Å². The fourth-order valence-electron chi connectivity index (χ4n) is 10.1. The van der Waals surface area contributed by atoms with Crippen LogP contribution in [0.3, 0.4) is 0 Å². The summed E-state index contributed by atoms with van der Waals surface area (Å²) in [7, 11) is 0. The maximum Gasteiger partial charge on any atom is 0.159 e. The third-order valence-electron chi connectivity index (χ3n) is 13.2. The number of aliphatic imine (C=N–C) groups is 2. The lowest BCUT2D eigenvalue weighted by molar-refractivity contribution is 0.670. The highest BCUT2D eigenvalue weighted by atomic mass is 16.3. The minimum Gasteiger partial charge on any atom is -0.455 e. The lowest BCUT2D eigenvalue weighted by Gasteiger charge is -2.25. The topological polar surface area (TPSA) is 49.9 Å². The van der Waals surface area contributed by atoms with Gasteiger partial charge in [-0.25, -0.2) is 9.98 Å². The van der Waals surface area contributed by atoms with Gasteiger partial charge < -0.3 is 9.73 Å². The van der Waals surface area contributed by atoms with Gasteiger partial charge in [0.2, 0.25) is 0 Å². The Morgan fingerprint density at radius 3 is 1.75 bits per heavy atom. The summed E-state index contributed by atoms with van der Waals surface area (Å²) in [6, 6.07) is 79.9. The van der Waals surface area contributed by atoms with Crippen molar-refractivity contribution in [3.05, 3.63) is 241 Å². The van der Waals surface area contributed by atoms with Crippen LogP contribution < -0.4 is 5.32 Å². The SMILES string of the molecule is c1ccc(C2N=C(c3ccc(-c4cccc5ccccc45)cc3)N=C(c3ccc(-c4cccc5oc6c(-c7cc8ccccc8c8ccccc78)cccc6c45)c4ccccc34)N2)cc1. The number of amidine groups is 2. The summed E-state index contributed by atoms with van der Waals surface area (Å²) in [6.07, 6.45) is -0.324. The number of hydrogen-bond acceptors (Lipinski definition) is 4. The molecule has 304 valence electrons. The molecule has 4 nitrogen and oxygen atoms in total.